The van der Waals surface area contributed by atoms with Gasteiger partial charge in [-0.3, -0.25) is 4.79 Å². The van der Waals surface area contributed by atoms with Crippen LogP contribution in [0.2, 0.25) is 0 Å². The van der Waals surface area contributed by atoms with Crippen LogP contribution in [0.5, 0.6) is 0 Å². The maximum atomic E-state index is 12.7. The number of benzene rings is 1. The third-order valence-corrected chi connectivity index (χ3v) is 5.31. The molecule has 1 aromatic carbocycles. The minimum Gasteiger partial charge on any atom is -0.347 e. The summed E-state index contributed by atoms with van der Waals surface area (Å²) in [7, 11) is 0. The smallest absolute Gasteiger partial charge is 0.253 e. The molecule has 0 saturated carbocycles. The van der Waals surface area contributed by atoms with E-state index in [1.54, 1.807) is 11.3 Å². The van der Waals surface area contributed by atoms with E-state index in [1.807, 2.05) is 45.2 Å². The van der Waals surface area contributed by atoms with E-state index in [2.05, 4.69) is 27.9 Å². The number of nitrogens with zero attached hydrogens (tertiary/aromatic N) is 2. The van der Waals surface area contributed by atoms with Crippen LogP contribution >= 0.6 is 11.3 Å². The van der Waals surface area contributed by atoms with Crippen molar-refractivity contribution in [1.29, 1.82) is 0 Å². The zero-order valence-electron chi connectivity index (χ0n) is 13.9. The average Bonchev–Trinajstić information content (AvgIpc) is 3.07. The number of rotatable bonds is 4. The monoisotopic (exact) mass is 327 g/mol. The third-order valence-electron chi connectivity index (χ3n) is 4.05. The van der Waals surface area contributed by atoms with Crippen LogP contribution in [0.3, 0.4) is 0 Å². The quantitative estimate of drug-likeness (QED) is 0.779. The van der Waals surface area contributed by atoms with Gasteiger partial charge < -0.3 is 9.88 Å². The molecule has 0 aliphatic carbocycles. The molecule has 0 fully saturated rings. The molecule has 3 rings (SSSR count). The van der Waals surface area contributed by atoms with Crippen molar-refractivity contribution >= 4 is 28.1 Å². The molecule has 0 spiro atoms. The van der Waals surface area contributed by atoms with Gasteiger partial charge in [-0.2, -0.15) is 0 Å². The molecule has 0 bridgehead atoms. The van der Waals surface area contributed by atoms with Gasteiger partial charge in [0.05, 0.1) is 22.3 Å². The normalized spacial score (nSPS) is 12.5. The molecule has 23 heavy (non-hydrogen) atoms. The number of hydrogen-bond acceptors (Lipinski definition) is 3. The lowest BCUT2D eigenvalue weighted by molar-refractivity contribution is 0.0942. The van der Waals surface area contributed by atoms with Crippen molar-refractivity contribution in [2.75, 3.05) is 0 Å². The Kier molecular flexibility index (Phi) is 4.22. The standard InChI is InChI=1S/C18H21N3OS/c1-5-21-10-15(14-8-6-7-9-16(14)21)18(22)20-12(3)17-11(2)19-13(4)23-17/h6-10,12H,5H2,1-4H3,(H,20,22). The molecule has 3 aromatic rings. The number of aromatic nitrogens is 2. The average molecular weight is 327 g/mol. The Hall–Kier alpha value is -2.14. The van der Waals surface area contributed by atoms with E-state index < -0.39 is 0 Å². The van der Waals surface area contributed by atoms with Gasteiger partial charge in [-0.25, -0.2) is 4.98 Å². The molecule has 0 aliphatic rings. The van der Waals surface area contributed by atoms with Crippen LogP contribution in [0.15, 0.2) is 30.5 Å². The minimum atomic E-state index is -0.0440. The van der Waals surface area contributed by atoms with Gasteiger partial charge in [-0.05, 0) is 33.8 Å². The molecule has 0 aliphatic heterocycles. The number of aryl methyl sites for hydroxylation is 3. The van der Waals surface area contributed by atoms with Gasteiger partial charge >= 0.3 is 0 Å². The van der Waals surface area contributed by atoms with Crippen LogP contribution < -0.4 is 5.32 Å². The SMILES string of the molecule is CCn1cc(C(=O)NC(C)c2sc(C)nc2C)c2ccccc21. The number of nitrogens with one attached hydrogen (secondary N) is 1. The summed E-state index contributed by atoms with van der Waals surface area (Å²) in [6.07, 6.45) is 1.94. The molecule has 0 radical (unpaired) electrons. The van der Waals surface area contributed by atoms with Gasteiger partial charge in [0.2, 0.25) is 0 Å². The van der Waals surface area contributed by atoms with Crippen LogP contribution in [-0.2, 0) is 6.54 Å². The van der Waals surface area contributed by atoms with Gasteiger partial charge in [-0.15, -0.1) is 11.3 Å². The molecule has 4 nitrogen and oxygen atoms in total. The number of amides is 1. The first-order chi connectivity index (χ1) is 11.0. The summed E-state index contributed by atoms with van der Waals surface area (Å²) >= 11 is 1.64. The molecule has 1 N–H and O–H groups in total. The van der Waals surface area contributed by atoms with Crippen molar-refractivity contribution in [3.05, 3.63) is 51.6 Å². The number of thiazole rings is 1. The first-order valence-corrected chi connectivity index (χ1v) is 8.65. The first-order valence-electron chi connectivity index (χ1n) is 7.84. The van der Waals surface area contributed by atoms with Crippen LogP contribution in [0.4, 0.5) is 0 Å². The fraction of sp³-hybridized carbons (Fsp3) is 0.333. The number of carbonyl (C=O) groups is 1. The second-order valence-electron chi connectivity index (χ2n) is 5.72. The highest BCUT2D eigenvalue weighted by Crippen LogP contribution is 2.26. The van der Waals surface area contributed by atoms with Gasteiger partial charge in [-0.1, -0.05) is 18.2 Å². The van der Waals surface area contributed by atoms with Crippen LogP contribution in [0.1, 0.15) is 45.8 Å². The van der Waals surface area contributed by atoms with E-state index in [9.17, 15) is 4.79 Å². The van der Waals surface area contributed by atoms with Crippen LogP contribution in [0.25, 0.3) is 10.9 Å². The van der Waals surface area contributed by atoms with Crippen molar-refractivity contribution in [1.82, 2.24) is 14.9 Å². The lowest BCUT2D eigenvalue weighted by Gasteiger charge is -2.12. The highest BCUT2D eigenvalue weighted by molar-refractivity contribution is 7.11. The number of hydrogen-bond donors (Lipinski definition) is 1. The van der Waals surface area contributed by atoms with E-state index in [-0.39, 0.29) is 11.9 Å². The van der Waals surface area contributed by atoms with E-state index in [0.29, 0.717) is 0 Å². The van der Waals surface area contributed by atoms with E-state index in [4.69, 9.17) is 0 Å². The highest BCUT2D eigenvalue weighted by Gasteiger charge is 2.19. The topological polar surface area (TPSA) is 46.9 Å². The lowest BCUT2D eigenvalue weighted by Crippen LogP contribution is -2.26. The summed E-state index contributed by atoms with van der Waals surface area (Å²) in [5.74, 6) is -0.0358. The van der Waals surface area contributed by atoms with Crippen LogP contribution in [0, 0.1) is 13.8 Å². The Balaban J connectivity index is 1.90. The lowest BCUT2D eigenvalue weighted by atomic mass is 10.1. The van der Waals surface area contributed by atoms with Crippen molar-refractivity contribution in [2.24, 2.45) is 0 Å². The zero-order valence-corrected chi connectivity index (χ0v) is 14.7. The van der Waals surface area contributed by atoms with Crippen molar-refractivity contribution < 1.29 is 4.79 Å². The van der Waals surface area contributed by atoms with Gasteiger partial charge in [0.15, 0.2) is 0 Å². The number of fused-ring (bicyclic) bond motifs is 1. The summed E-state index contributed by atoms with van der Waals surface area (Å²) in [5, 5.41) is 5.14. The maximum Gasteiger partial charge on any atom is 0.253 e. The fourth-order valence-corrected chi connectivity index (χ4v) is 3.91. The van der Waals surface area contributed by atoms with Crippen molar-refractivity contribution in [2.45, 2.75) is 40.3 Å². The van der Waals surface area contributed by atoms with Gasteiger partial charge in [0.25, 0.3) is 5.91 Å². The fourth-order valence-electron chi connectivity index (χ4n) is 2.98. The largest absolute Gasteiger partial charge is 0.347 e. The third kappa shape index (κ3) is 2.88. The molecule has 120 valence electrons. The molecule has 1 unspecified atom stereocenters. The summed E-state index contributed by atoms with van der Waals surface area (Å²) < 4.78 is 2.11. The predicted octanol–water partition coefficient (Wildman–Crippen LogP) is 4.23. The Morgan fingerprint density at radius 2 is 2.09 bits per heavy atom. The molecule has 0 saturated heterocycles. The molecular weight excluding hydrogens is 306 g/mol. The van der Waals surface area contributed by atoms with Gasteiger partial charge in [0.1, 0.15) is 0 Å². The molecule has 2 aromatic heterocycles. The molecule has 5 heteroatoms. The van der Waals surface area contributed by atoms with E-state index in [0.717, 1.165) is 38.6 Å². The zero-order chi connectivity index (χ0) is 16.6. The Morgan fingerprint density at radius 3 is 2.74 bits per heavy atom. The number of carbonyl (C=O) groups excluding carboxylic acids is 1. The first kappa shape index (κ1) is 15.7. The molecule has 2 heterocycles. The summed E-state index contributed by atoms with van der Waals surface area (Å²) in [6.45, 7) is 8.92. The molecule has 1 amide bonds. The Morgan fingerprint density at radius 1 is 1.35 bits per heavy atom. The second-order valence-corrected chi connectivity index (χ2v) is 6.96. The van der Waals surface area contributed by atoms with Crippen molar-refractivity contribution in [3.8, 4) is 0 Å². The molecule has 1 atom stereocenters. The molecular formula is C18H21N3OS. The van der Waals surface area contributed by atoms with Crippen molar-refractivity contribution in [3.63, 3.8) is 0 Å². The second kappa shape index (κ2) is 6.16. The summed E-state index contributed by atoms with van der Waals surface area (Å²) in [4.78, 5) is 18.3. The van der Waals surface area contributed by atoms with Crippen LogP contribution in [-0.4, -0.2) is 15.5 Å². The van der Waals surface area contributed by atoms with E-state index in [1.165, 1.54) is 0 Å². The summed E-state index contributed by atoms with van der Waals surface area (Å²) in [5.41, 5.74) is 2.82. The number of para-hydroxylation sites is 1. The summed E-state index contributed by atoms with van der Waals surface area (Å²) in [6, 6.07) is 7.98. The van der Waals surface area contributed by atoms with E-state index >= 15 is 0 Å². The predicted molar refractivity (Wildman–Crippen MR) is 95.1 cm³/mol. The highest BCUT2D eigenvalue weighted by atomic mass is 32.1. The Bertz CT molecular complexity index is 862. The van der Waals surface area contributed by atoms with Gasteiger partial charge in [0, 0.05) is 28.5 Å². The minimum absolute atomic E-state index is 0.0358. The maximum absolute atomic E-state index is 12.7. The Labute approximate surface area is 140 Å².